The van der Waals surface area contributed by atoms with Crippen LogP contribution in [0.2, 0.25) is 0 Å². The fraction of sp³-hybridized carbons (Fsp3) is 0.632. The highest BCUT2D eigenvalue weighted by Gasteiger charge is 2.29. The highest BCUT2D eigenvalue weighted by Crippen LogP contribution is 2.19. The minimum absolute atomic E-state index is 0.392. The summed E-state index contributed by atoms with van der Waals surface area (Å²) >= 11 is 0. The van der Waals surface area contributed by atoms with Crippen LogP contribution in [0.5, 0.6) is 0 Å². The van der Waals surface area contributed by atoms with E-state index in [1.807, 2.05) is 25.1 Å². The molecule has 2 aliphatic rings. The van der Waals surface area contributed by atoms with Crippen molar-refractivity contribution in [2.75, 3.05) is 56.5 Å². The van der Waals surface area contributed by atoms with Crippen LogP contribution < -0.4 is 15.5 Å². The molecule has 2 fully saturated rings. The fourth-order valence-electron chi connectivity index (χ4n) is 3.71. The van der Waals surface area contributed by atoms with Crippen molar-refractivity contribution in [2.24, 2.45) is 5.92 Å². The number of piperazine rings is 1. The summed E-state index contributed by atoms with van der Waals surface area (Å²) in [6, 6.07) is 8.22. The Hall–Kier alpha value is -1.64. The van der Waals surface area contributed by atoms with E-state index in [4.69, 9.17) is 0 Å². The molecule has 7 nitrogen and oxygen atoms in total. The number of sulfonamides is 1. The average Bonchev–Trinajstić information content (AvgIpc) is 2.67. The predicted molar refractivity (Wildman–Crippen MR) is 107 cm³/mol. The summed E-state index contributed by atoms with van der Waals surface area (Å²) < 4.78 is 26.6. The van der Waals surface area contributed by atoms with E-state index >= 15 is 0 Å². The van der Waals surface area contributed by atoms with Crippen molar-refractivity contribution in [3.63, 3.8) is 0 Å². The number of aryl methyl sites for hydroxylation is 1. The maximum absolute atomic E-state index is 12.6. The molecule has 1 amide bonds. The van der Waals surface area contributed by atoms with Gasteiger partial charge in [-0.15, -0.1) is 0 Å². The Balaban J connectivity index is 1.46. The first kappa shape index (κ1) is 20.1. The van der Waals surface area contributed by atoms with E-state index in [2.05, 4.69) is 21.6 Å². The molecule has 0 spiro atoms. The molecule has 0 aliphatic carbocycles. The number of rotatable bonds is 6. The zero-order chi connectivity index (χ0) is 19.3. The number of nitrogens with zero attached hydrogens (tertiary/aromatic N) is 2. The molecule has 2 heterocycles. The van der Waals surface area contributed by atoms with E-state index in [-0.39, 0.29) is 0 Å². The Labute approximate surface area is 162 Å². The Morgan fingerprint density at radius 1 is 1.26 bits per heavy atom. The van der Waals surface area contributed by atoms with Gasteiger partial charge < -0.3 is 15.5 Å². The van der Waals surface area contributed by atoms with Gasteiger partial charge in [0, 0.05) is 38.4 Å². The Morgan fingerprint density at radius 2 is 2.04 bits per heavy atom. The van der Waals surface area contributed by atoms with Crippen molar-refractivity contribution in [1.82, 2.24) is 14.9 Å². The van der Waals surface area contributed by atoms with Crippen LogP contribution >= 0.6 is 0 Å². The van der Waals surface area contributed by atoms with Gasteiger partial charge in [-0.1, -0.05) is 12.1 Å². The van der Waals surface area contributed by atoms with Crippen LogP contribution in [-0.2, 0) is 14.8 Å². The van der Waals surface area contributed by atoms with Gasteiger partial charge in [-0.25, -0.2) is 8.42 Å². The molecule has 2 saturated heterocycles. The van der Waals surface area contributed by atoms with Crippen LogP contribution in [0.3, 0.4) is 0 Å². The van der Waals surface area contributed by atoms with Crippen molar-refractivity contribution in [2.45, 2.75) is 19.8 Å². The van der Waals surface area contributed by atoms with Gasteiger partial charge in [-0.2, -0.15) is 4.31 Å². The van der Waals surface area contributed by atoms with Crippen LogP contribution in [0.1, 0.15) is 18.4 Å². The highest BCUT2D eigenvalue weighted by molar-refractivity contribution is 7.89. The summed E-state index contributed by atoms with van der Waals surface area (Å²) in [5.74, 6) is -0.470. The number of hydrogen-bond acceptors (Lipinski definition) is 5. The van der Waals surface area contributed by atoms with E-state index < -0.39 is 21.7 Å². The van der Waals surface area contributed by atoms with E-state index in [1.165, 1.54) is 9.87 Å². The molecule has 3 rings (SSSR count). The minimum Gasteiger partial charge on any atom is -0.369 e. The monoisotopic (exact) mass is 394 g/mol. The average molecular weight is 395 g/mol. The molecule has 8 heteroatoms. The lowest BCUT2D eigenvalue weighted by atomic mass is 10.00. The molecule has 1 atom stereocenters. The van der Waals surface area contributed by atoms with Gasteiger partial charge in [0.05, 0.1) is 0 Å². The summed E-state index contributed by atoms with van der Waals surface area (Å²) in [7, 11) is -3.57. The predicted octanol–water partition coefficient (Wildman–Crippen LogP) is 0.563. The molecule has 0 saturated carbocycles. The highest BCUT2D eigenvalue weighted by atomic mass is 32.2. The number of anilines is 1. The fourth-order valence-corrected chi connectivity index (χ4v) is 5.05. The molecular formula is C19H30N4O3S. The first-order valence-corrected chi connectivity index (χ1v) is 11.3. The van der Waals surface area contributed by atoms with Crippen LogP contribution in [0.25, 0.3) is 0 Å². The van der Waals surface area contributed by atoms with Crippen molar-refractivity contribution in [3.05, 3.63) is 29.8 Å². The Kier molecular flexibility index (Phi) is 6.73. The molecule has 27 heavy (non-hydrogen) atoms. The van der Waals surface area contributed by atoms with Crippen molar-refractivity contribution >= 4 is 21.6 Å². The molecule has 1 aromatic rings. The second-order valence-corrected chi connectivity index (χ2v) is 9.47. The summed E-state index contributed by atoms with van der Waals surface area (Å²) in [5, 5.41) is 6.09. The van der Waals surface area contributed by atoms with E-state index in [1.54, 1.807) is 0 Å². The third-order valence-electron chi connectivity index (χ3n) is 5.30. The summed E-state index contributed by atoms with van der Waals surface area (Å²) in [5.41, 5.74) is 2.30. The maximum atomic E-state index is 12.6. The molecule has 2 N–H and O–H groups in total. The van der Waals surface area contributed by atoms with Gasteiger partial charge in [0.15, 0.2) is 0 Å². The van der Waals surface area contributed by atoms with Crippen LogP contribution in [0, 0.1) is 12.8 Å². The largest absolute Gasteiger partial charge is 0.369 e. The van der Waals surface area contributed by atoms with Gasteiger partial charge in [-0.3, -0.25) is 4.79 Å². The van der Waals surface area contributed by atoms with Gasteiger partial charge in [0.2, 0.25) is 15.9 Å². The first-order chi connectivity index (χ1) is 12.9. The molecule has 1 aromatic carbocycles. The minimum atomic E-state index is -3.57. The van der Waals surface area contributed by atoms with E-state index in [0.29, 0.717) is 38.6 Å². The van der Waals surface area contributed by atoms with Crippen molar-refractivity contribution in [1.29, 1.82) is 0 Å². The Bertz CT molecular complexity index is 739. The zero-order valence-electron chi connectivity index (χ0n) is 16.0. The summed E-state index contributed by atoms with van der Waals surface area (Å²) in [4.78, 5) is 14.3. The molecular weight excluding hydrogens is 364 g/mol. The van der Waals surface area contributed by atoms with Crippen LogP contribution in [-0.4, -0.2) is 70.2 Å². The SMILES string of the molecule is Cc1cccc(N2CCN(S(=O)(=O)CC(=O)NCC3CCCNC3)CC2)c1. The standard InChI is InChI=1S/C19H30N4O3S/c1-16-4-2-6-18(12-16)22-8-10-23(11-9-22)27(25,26)15-19(24)21-14-17-5-3-7-20-13-17/h2,4,6,12,17,20H,3,5,7-11,13-15H2,1H3,(H,21,24). The molecule has 150 valence electrons. The normalized spacial score (nSPS) is 21.8. The molecule has 0 aromatic heterocycles. The van der Waals surface area contributed by atoms with Gasteiger partial charge in [0.1, 0.15) is 5.75 Å². The number of piperidine rings is 1. The Morgan fingerprint density at radius 3 is 2.70 bits per heavy atom. The van der Waals surface area contributed by atoms with Crippen molar-refractivity contribution < 1.29 is 13.2 Å². The van der Waals surface area contributed by atoms with Crippen LogP contribution in [0.15, 0.2) is 24.3 Å². The second kappa shape index (κ2) is 9.03. The lowest BCUT2D eigenvalue weighted by Crippen LogP contribution is -2.51. The van der Waals surface area contributed by atoms with E-state index in [9.17, 15) is 13.2 Å². The van der Waals surface area contributed by atoms with E-state index in [0.717, 1.165) is 31.6 Å². The van der Waals surface area contributed by atoms with Gasteiger partial charge in [0.25, 0.3) is 0 Å². The third-order valence-corrected chi connectivity index (χ3v) is 7.08. The first-order valence-electron chi connectivity index (χ1n) is 9.71. The number of nitrogens with one attached hydrogen (secondary N) is 2. The zero-order valence-corrected chi connectivity index (χ0v) is 16.8. The molecule has 0 radical (unpaired) electrons. The number of hydrogen-bond donors (Lipinski definition) is 2. The number of amides is 1. The topological polar surface area (TPSA) is 81.8 Å². The number of carbonyl (C=O) groups excluding carboxylic acids is 1. The van der Waals surface area contributed by atoms with Gasteiger partial charge >= 0.3 is 0 Å². The summed E-state index contributed by atoms with van der Waals surface area (Å²) in [6.45, 7) is 6.60. The lowest BCUT2D eigenvalue weighted by Gasteiger charge is -2.35. The number of carbonyl (C=O) groups is 1. The number of benzene rings is 1. The maximum Gasteiger partial charge on any atom is 0.236 e. The lowest BCUT2D eigenvalue weighted by molar-refractivity contribution is -0.118. The van der Waals surface area contributed by atoms with Crippen LogP contribution in [0.4, 0.5) is 5.69 Å². The quantitative estimate of drug-likeness (QED) is 0.737. The third kappa shape index (κ3) is 5.67. The smallest absolute Gasteiger partial charge is 0.236 e. The van der Waals surface area contributed by atoms with Crippen molar-refractivity contribution in [3.8, 4) is 0 Å². The molecule has 1 unspecified atom stereocenters. The second-order valence-electron chi connectivity index (χ2n) is 7.50. The van der Waals surface area contributed by atoms with Gasteiger partial charge in [-0.05, 0) is 56.5 Å². The molecule has 0 bridgehead atoms. The summed E-state index contributed by atoms with van der Waals surface area (Å²) in [6.07, 6.45) is 2.17. The molecule has 2 aliphatic heterocycles.